The molecule has 3 aliphatic rings. The average molecular weight is 338 g/mol. The fourth-order valence-electron chi connectivity index (χ4n) is 5.42. The summed E-state index contributed by atoms with van der Waals surface area (Å²) >= 11 is 0. The van der Waals surface area contributed by atoms with E-state index < -0.39 is 0 Å². The Morgan fingerprint density at radius 2 is 1.96 bits per heavy atom. The Labute approximate surface area is 149 Å². The topological polar surface area (TPSA) is 45.4 Å². The van der Waals surface area contributed by atoms with Crippen molar-refractivity contribution in [3.8, 4) is 0 Å². The predicted molar refractivity (Wildman–Crippen MR) is 96.4 cm³/mol. The fraction of sp³-hybridized carbons (Fsp3) is 0.600. The number of hydrogen-bond acceptors (Lipinski definition) is 5. The minimum absolute atomic E-state index is 0.601. The molecule has 5 heteroatoms. The van der Waals surface area contributed by atoms with Crippen LogP contribution in [0.2, 0.25) is 0 Å². The molecule has 4 heterocycles. The molecule has 4 atom stereocenters. The van der Waals surface area contributed by atoms with Crippen LogP contribution in [-0.2, 0) is 0 Å². The molecule has 0 aliphatic carbocycles. The maximum Gasteiger partial charge on any atom is 0.266 e. The van der Waals surface area contributed by atoms with E-state index in [1.807, 2.05) is 6.92 Å². The molecule has 2 bridgehead atoms. The third-order valence-corrected chi connectivity index (χ3v) is 6.37. The highest BCUT2D eigenvalue weighted by molar-refractivity contribution is 5.30. The Morgan fingerprint density at radius 1 is 1.08 bits per heavy atom. The highest BCUT2D eigenvalue weighted by atomic mass is 16.5. The summed E-state index contributed by atoms with van der Waals surface area (Å²) in [6.45, 7) is 5.20. The summed E-state index contributed by atoms with van der Waals surface area (Å²) in [5, 5.41) is 4.16. The molecule has 0 spiro atoms. The molecular weight excluding hydrogens is 312 g/mol. The van der Waals surface area contributed by atoms with E-state index in [0.29, 0.717) is 23.9 Å². The van der Waals surface area contributed by atoms with Gasteiger partial charge in [-0.25, -0.2) is 0 Å². The molecule has 0 unspecified atom stereocenters. The van der Waals surface area contributed by atoms with Gasteiger partial charge in [0.2, 0.25) is 5.89 Å². The van der Waals surface area contributed by atoms with Crippen molar-refractivity contribution in [3.63, 3.8) is 0 Å². The van der Waals surface area contributed by atoms with Crippen LogP contribution < -0.4 is 4.90 Å². The molecule has 3 saturated heterocycles. The third-order valence-electron chi connectivity index (χ3n) is 6.37. The highest BCUT2D eigenvalue weighted by Gasteiger charge is 2.45. The largest absolute Gasteiger partial charge is 0.338 e. The lowest BCUT2D eigenvalue weighted by molar-refractivity contribution is -0.0202. The smallest absolute Gasteiger partial charge is 0.266 e. The van der Waals surface area contributed by atoms with Crippen molar-refractivity contribution in [2.45, 2.75) is 44.7 Å². The second-order valence-corrected chi connectivity index (χ2v) is 8.00. The van der Waals surface area contributed by atoms with Gasteiger partial charge in [0.15, 0.2) is 0 Å². The van der Waals surface area contributed by atoms with E-state index in [2.05, 4.69) is 50.3 Å². The van der Waals surface area contributed by atoms with Gasteiger partial charge < -0.3 is 9.42 Å². The van der Waals surface area contributed by atoms with Crippen molar-refractivity contribution in [1.82, 2.24) is 15.0 Å². The van der Waals surface area contributed by atoms with Crippen LogP contribution in [0, 0.1) is 18.8 Å². The minimum atomic E-state index is 0.601. The number of anilines is 1. The van der Waals surface area contributed by atoms with Crippen molar-refractivity contribution in [1.29, 1.82) is 0 Å². The quantitative estimate of drug-likeness (QED) is 0.839. The lowest BCUT2D eigenvalue weighted by atomic mass is 9.74. The summed E-state index contributed by atoms with van der Waals surface area (Å²) in [7, 11) is 0. The van der Waals surface area contributed by atoms with Gasteiger partial charge in [0.05, 0.1) is 0 Å². The molecule has 1 aromatic heterocycles. The number of benzene rings is 1. The molecule has 0 N–H and O–H groups in total. The summed E-state index contributed by atoms with van der Waals surface area (Å²) in [6, 6.07) is 12.4. The van der Waals surface area contributed by atoms with E-state index in [1.165, 1.54) is 37.8 Å². The van der Waals surface area contributed by atoms with Crippen molar-refractivity contribution in [2.24, 2.45) is 11.8 Å². The Morgan fingerprint density at radius 3 is 2.76 bits per heavy atom. The zero-order valence-corrected chi connectivity index (χ0v) is 14.8. The van der Waals surface area contributed by atoms with Crippen molar-refractivity contribution in [3.05, 3.63) is 41.8 Å². The van der Waals surface area contributed by atoms with E-state index in [9.17, 15) is 0 Å². The number of piperidine rings is 3. The molecule has 0 amide bonds. The second kappa shape index (κ2) is 6.13. The first-order valence-corrected chi connectivity index (χ1v) is 9.64. The lowest BCUT2D eigenvalue weighted by Gasteiger charge is -2.55. The first-order valence-electron chi connectivity index (χ1n) is 9.64. The molecule has 5 rings (SSSR count). The first kappa shape index (κ1) is 15.4. The Kier molecular flexibility index (Phi) is 3.77. The number of hydrogen-bond donors (Lipinski definition) is 0. The van der Waals surface area contributed by atoms with Crippen molar-refractivity contribution < 1.29 is 4.52 Å². The molecule has 25 heavy (non-hydrogen) atoms. The Hall–Kier alpha value is -1.88. The van der Waals surface area contributed by atoms with Gasteiger partial charge in [-0.1, -0.05) is 30.3 Å². The zero-order valence-electron chi connectivity index (χ0n) is 14.8. The van der Waals surface area contributed by atoms with Crippen LogP contribution in [-0.4, -0.2) is 40.7 Å². The highest BCUT2D eigenvalue weighted by Crippen LogP contribution is 2.44. The standard InChI is InChI=1S/C20H26N4O/c1-14-21-20(22-25-14)23-11-15-10-17(13-23)19-9-5-8-18(24(19)12-15)16-6-3-2-4-7-16/h2-4,6-7,15,17-19H,5,8-13H2,1H3/t15-,17+,18+,19-/m0/s1. The average Bonchev–Trinajstić information content (AvgIpc) is 3.08. The number of aryl methyl sites for hydroxylation is 1. The molecule has 0 radical (unpaired) electrons. The predicted octanol–water partition coefficient (Wildman–Crippen LogP) is 3.43. The monoisotopic (exact) mass is 338 g/mol. The van der Waals surface area contributed by atoms with E-state index in [-0.39, 0.29) is 0 Å². The lowest BCUT2D eigenvalue weighted by Crippen LogP contribution is -2.59. The Bertz CT molecular complexity index is 730. The van der Waals surface area contributed by atoms with Crippen molar-refractivity contribution >= 4 is 5.95 Å². The third kappa shape index (κ3) is 2.74. The van der Waals surface area contributed by atoms with Gasteiger partial charge in [0.1, 0.15) is 0 Å². The Balaban J connectivity index is 1.39. The van der Waals surface area contributed by atoms with Crippen LogP contribution in [0.1, 0.15) is 43.2 Å². The summed E-state index contributed by atoms with van der Waals surface area (Å²) in [5.74, 6) is 2.88. The zero-order chi connectivity index (χ0) is 16.8. The summed E-state index contributed by atoms with van der Waals surface area (Å²) in [4.78, 5) is 9.65. The molecular formula is C20H26N4O. The summed E-state index contributed by atoms with van der Waals surface area (Å²) in [6.07, 6.45) is 5.33. The van der Waals surface area contributed by atoms with Crippen LogP contribution in [0.3, 0.4) is 0 Å². The summed E-state index contributed by atoms with van der Waals surface area (Å²) < 4.78 is 5.21. The van der Waals surface area contributed by atoms with Gasteiger partial charge in [-0.2, -0.15) is 4.98 Å². The minimum Gasteiger partial charge on any atom is -0.338 e. The van der Waals surface area contributed by atoms with Crippen LogP contribution >= 0.6 is 0 Å². The van der Waals surface area contributed by atoms with Crippen LogP contribution in [0.4, 0.5) is 5.95 Å². The van der Waals surface area contributed by atoms with Crippen LogP contribution in [0.15, 0.2) is 34.9 Å². The van der Waals surface area contributed by atoms with Gasteiger partial charge in [0, 0.05) is 38.6 Å². The number of nitrogens with zero attached hydrogens (tertiary/aromatic N) is 4. The first-order chi connectivity index (χ1) is 12.3. The molecule has 5 nitrogen and oxygen atoms in total. The molecule has 2 aromatic rings. The second-order valence-electron chi connectivity index (χ2n) is 8.00. The number of fused-ring (bicyclic) bond motifs is 4. The van der Waals surface area contributed by atoms with E-state index >= 15 is 0 Å². The van der Waals surface area contributed by atoms with Crippen LogP contribution in [0.25, 0.3) is 0 Å². The number of rotatable bonds is 2. The maximum atomic E-state index is 5.21. The summed E-state index contributed by atoms with van der Waals surface area (Å²) in [5.41, 5.74) is 1.50. The normalized spacial score (nSPS) is 32.4. The van der Waals surface area contributed by atoms with Crippen molar-refractivity contribution in [2.75, 3.05) is 24.5 Å². The van der Waals surface area contributed by atoms with Gasteiger partial charge in [0.25, 0.3) is 5.95 Å². The fourth-order valence-corrected chi connectivity index (χ4v) is 5.42. The van der Waals surface area contributed by atoms with E-state index in [0.717, 1.165) is 25.0 Å². The van der Waals surface area contributed by atoms with Gasteiger partial charge in [-0.3, -0.25) is 4.90 Å². The molecule has 0 saturated carbocycles. The van der Waals surface area contributed by atoms with Crippen LogP contribution in [0.5, 0.6) is 0 Å². The van der Waals surface area contributed by atoms with E-state index in [4.69, 9.17) is 4.52 Å². The van der Waals surface area contributed by atoms with Gasteiger partial charge in [-0.05, 0) is 48.2 Å². The van der Waals surface area contributed by atoms with Gasteiger partial charge >= 0.3 is 0 Å². The molecule has 1 aromatic carbocycles. The van der Waals surface area contributed by atoms with E-state index in [1.54, 1.807) is 0 Å². The number of aromatic nitrogens is 2. The van der Waals surface area contributed by atoms with Gasteiger partial charge in [-0.15, -0.1) is 0 Å². The maximum absolute atomic E-state index is 5.21. The molecule has 132 valence electrons. The molecule has 3 fully saturated rings. The SMILES string of the molecule is Cc1nc(N2C[C@@H]3C[C@H](C2)[C@@H]2CCC[C@H](c4ccccc4)N2C3)no1. The molecule has 3 aliphatic heterocycles.